The Morgan fingerprint density at radius 1 is 1.09 bits per heavy atom. The van der Waals surface area contributed by atoms with Crippen molar-refractivity contribution >= 4 is 34.0 Å². The molecule has 45 heavy (non-hydrogen) atoms. The van der Waals surface area contributed by atoms with E-state index in [2.05, 4.69) is 45.9 Å². The van der Waals surface area contributed by atoms with Gasteiger partial charge in [-0.1, -0.05) is 17.4 Å². The second-order valence-electron chi connectivity index (χ2n) is 11.2. The molecule has 1 unspecified atom stereocenters. The average Bonchev–Trinajstić information content (AvgIpc) is 3.69. The van der Waals surface area contributed by atoms with Crippen LogP contribution in [0.15, 0.2) is 48.7 Å². The van der Waals surface area contributed by atoms with E-state index in [0.29, 0.717) is 46.2 Å². The molecule has 15 heteroatoms. The lowest BCUT2D eigenvalue weighted by Crippen LogP contribution is -2.43. The Bertz CT molecular complexity index is 1650. The first-order valence-electron chi connectivity index (χ1n) is 14.6. The van der Waals surface area contributed by atoms with Gasteiger partial charge in [0.25, 0.3) is 11.8 Å². The van der Waals surface area contributed by atoms with Crippen LogP contribution in [0.4, 0.5) is 19.7 Å². The SMILES string of the molecule is Cc1cc(OC2CC(F)(F)C2)cc(CC(=O)CNc2ccc(C3CCN(c4nnc(C(=O)NCc5ccccn5)s4)C3)nn2)n1. The van der Waals surface area contributed by atoms with Gasteiger partial charge in [-0.25, -0.2) is 8.78 Å². The van der Waals surface area contributed by atoms with Crippen LogP contribution in [0.1, 0.15) is 57.8 Å². The third-order valence-corrected chi connectivity index (χ3v) is 8.49. The predicted octanol–water partition coefficient (Wildman–Crippen LogP) is 3.75. The van der Waals surface area contributed by atoms with E-state index in [1.54, 1.807) is 31.3 Å². The van der Waals surface area contributed by atoms with Gasteiger partial charge in [0.05, 0.1) is 36.6 Å². The second kappa shape index (κ2) is 13.1. The highest BCUT2D eigenvalue weighted by atomic mass is 32.1. The molecule has 1 saturated carbocycles. The van der Waals surface area contributed by atoms with Crippen molar-refractivity contribution in [2.45, 2.75) is 57.1 Å². The molecule has 0 radical (unpaired) electrons. The van der Waals surface area contributed by atoms with Gasteiger partial charge in [0.2, 0.25) is 10.1 Å². The number of carbonyl (C=O) groups excluding carboxylic acids is 2. The van der Waals surface area contributed by atoms with E-state index >= 15 is 0 Å². The number of anilines is 2. The van der Waals surface area contributed by atoms with Crippen LogP contribution in [0.5, 0.6) is 5.75 Å². The molecular formula is C30H31F2N9O3S. The number of amides is 1. The number of nitrogens with one attached hydrogen (secondary N) is 2. The molecule has 234 valence electrons. The van der Waals surface area contributed by atoms with Crippen molar-refractivity contribution in [3.63, 3.8) is 0 Å². The molecule has 5 heterocycles. The van der Waals surface area contributed by atoms with Crippen LogP contribution in [0.3, 0.4) is 0 Å². The molecule has 12 nitrogen and oxygen atoms in total. The monoisotopic (exact) mass is 635 g/mol. The summed E-state index contributed by atoms with van der Waals surface area (Å²) in [5, 5.41) is 23.7. The molecule has 4 aromatic heterocycles. The molecule has 4 aromatic rings. The van der Waals surface area contributed by atoms with E-state index in [4.69, 9.17) is 4.74 Å². The second-order valence-corrected chi connectivity index (χ2v) is 12.1. The molecule has 1 atom stereocenters. The van der Waals surface area contributed by atoms with Crippen molar-refractivity contribution in [1.82, 2.24) is 35.7 Å². The van der Waals surface area contributed by atoms with Crippen molar-refractivity contribution in [2.75, 3.05) is 29.9 Å². The number of hydrogen-bond donors (Lipinski definition) is 2. The highest BCUT2D eigenvalue weighted by Crippen LogP contribution is 2.40. The van der Waals surface area contributed by atoms with E-state index < -0.39 is 12.0 Å². The quantitative estimate of drug-likeness (QED) is 0.235. The first-order valence-corrected chi connectivity index (χ1v) is 15.4. The topological polar surface area (TPSA) is 148 Å². The van der Waals surface area contributed by atoms with Gasteiger partial charge in [0, 0.05) is 55.9 Å². The summed E-state index contributed by atoms with van der Waals surface area (Å²) in [4.78, 5) is 35.8. The Labute approximate surface area is 261 Å². The molecule has 0 bridgehead atoms. The molecule has 1 aliphatic carbocycles. The Morgan fingerprint density at radius 2 is 1.96 bits per heavy atom. The lowest BCUT2D eigenvalue weighted by atomic mass is 9.91. The number of alkyl halides is 2. The summed E-state index contributed by atoms with van der Waals surface area (Å²) in [6, 6.07) is 12.5. The maximum Gasteiger partial charge on any atom is 0.282 e. The van der Waals surface area contributed by atoms with Crippen LogP contribution in [0.25, 0.3) is 0 Å². The number of pyridine rings is 2. The largest absolute Gasteiger partial charge is 0.490 e. The highest BCUT2D eigenvalue weighted by molar-refractivity contribution is 7.17. The van der Waals surface area contributed by atoms with E-state index in [-0.39, 0.29) is 43.4 Å². The van der Waals surface area contributed by atoms with E-state index in [1.807, 2.05) is 24.3 Å². The number of nitrogens with zero attached hydrogens (tertiary/aromatic N) is 7. The van der Waals surface area contributed by atoms with E-state index in [1.165, 1.54) is 11.3 Å². The fraction of sp³-hybridized carbons (Fsp3) is 0.400. The lowest BCUT2D eigenvalue weighted by molar-refractivity contribution is -0.134. The molecule has 2 fully saturated rings. The summed E-state index contributed by atoms with van der Waals surface area (Å²) in [5.74, 6) is -2.03. The van der Waals surface area contributed by atoms with Gasteiger partial charge in [0.15, 0.2) is 5.78 Å². The van der Waals surface area contributed by atoms with Crippen LogP contribution in [0.2, 0.25) is 0 Å². The van der Waals surface area contributed by atoms with Crippen molar-refractivity contribution in [1.29, 1.82) is 0 Å². The van der Waals surface area contributed by atoms with Gasteiger partial charge >= 0.3 is 0 Å². The van der Waals surface area contributed by atoms with Gasteiger partial charge in [-0.05, 0) is 37.6 Å². The number of Topliss-reactive ketones (excluding diaryl/α,β-unsaturated/α-hetero) is 1. The zero-order valence-corrected chi connectivity index (χ0v) is 25.3. The number of ketones is 1. The van der Waals surface area contributed by atoms with Crippen molar-refractivity contribution in [3.8, 4) is 5.75 Å². The third kappa shape index (κ3) is 7.90. The standard InChI is InChI=1S/C30H31F2N9O3S/c1-18-10-23(44-24-13-30(31,32)14-24)12-21(36-18)11-22(42)16-34-26-6-5-25(37-38-26)19-7-9-41(17-19)29-40-39-28(45-29)27(43)35-15-20-4-2-3-8-33-20/h2-6,8,10,12,19,24H,7,9,11,13-17H2,1H3,(H,34,38)(H,35,43). The van der Waals surface area contributed by atoms with Gasteiger partial charge in [-0.2, -0.15) is 5.10 Å². The minimum absolute atomic E-state index is 0.0285. The summed E-state index contributed by atoms with van der Waals surface area (Å²) in [6.45, 7) is 3.53. The highest BCUT2D eigenvalue weighted by Gasteiger charge is 2.47. The van der Waals surface area contributed by atoms with Gasteiger partial charge in [0.1, 0.15) is 17.7 Å². The van der Waals surface area contributed by atoms with Crippen molar-refractivity contribution in [2.24, 2.45) is 0 Å². The predicted molar refractivity (Wildman–Crippen MR) is 162 cm³/mol. The summed E-state index contributed by atoms with van der Waals surface area (Å²) in [5.41, 5.74) is 2.75. The molecule has 2 N–H and O–H groups in total. The number of carbonyl (C=O) groups is 2. The number of aromatic nitrogens is 6. The van der Waals surface area contributed by atoms with Gasteiger partial charge in [-0.15, -0.1) is 15.3 Å². The number of aryl methyl sites for hydroxylation is 1. The van der Waals surface area contributed by atoms with Crippen LogP contribution in [-0.4, -0.2) is 73.7 Å². The molecule has 6 rings (SSSR count). The van der Waals surface area contributed by atoms with Crippen LogP contribution < -0.4 is 20.3 Å². The minimum atomic E-state index is -2.66. The Kier molecular flexibility index (Phi) is 8.87. The molecule has 1 aliphatic heterocycles. The van der Waals surface area contributed by atoms with Crippen LogP contribution in [0, 0.1) is 6.92 Å². The maximum atomic E-state index is 13.1. The third-order valence-electron chi connectivity index (χ3n) is 7.51. The summed E-state index contributed by atoms with van der Waals surface area (Å²) in [6.07, 6.45) is 1.46. The van der Waals surface area contributed by atoms with Gasteiger partial charge in [-0.3, -0.25) is 19.6 Å². The molecule has 0 spiro atoms. The number of halogens is 2. The minimum Gasteiger partial charge on any atom is -0.490 e. The summed E-state index contributed by atoms with van der Waals surface area (Å²) in [7, 11) is 0. The summed E-state index contributed by atoms with van der Waals surface area (Å²) >= 11 is 1.24. The maximum absolute atomic E-state index is 13.1. The van der Waals surface area contributed by atoms with Crippen molar-refractivity contribution in [3.05, 3.63) is 76.4 Å². The van der Waals surface area contributed by atoms with Gasteiger partial charge < -0.3 is 20.3 Å². The lowest BCUT2D eigenvalue weighted by Gasteiger charge is -2.34. The fourth-order valence-corrected chi connectivity index (χ4v) is 6.01. The Morgan fingerprint density at radius 3 is 2.71 bits per heavy atom. The zero-order valence-electron chi connectivity index (χ0n) is 24.4. The molecule has 0 aromatic carbocycles. The average molecular weight is 636 g/mol. The number of ether oxygens (including phenoxy) is 1. The normalized spacial score (nSPS) is 17.5. The molecule has 1 amide bonds. The molecular weight excluding hydrogens is 604 g/mol. The summed E-state index contributed by atoms with van der Waals surface area (Å²) < 4.78 is 31.9. The van der Waals surface area contributed by atoms with Crippen molar-refractivity contribution < 1.29 is 23.1 Å². The van der Waals surface area contributed by atoms with E-state index in [9.17, 15) is 18.4 Å². The number of hydrogen-bond acceptors (Lipinski definition) is 12. The van der Waals surface area contributed by atoms with Crippen LogP contribution >= 0.6 is 11.3 Å². The Balaban J connectivity index is 0.957. The molecule has 1 saturated heterocycles. The van der Waals surface area contributed by atoms with Crippen LogP contribution in [-0.2, 0) is 17.8 Å². The first kappa shape index (κ1) is 30.4. The number of rotatable bonds is 12. The molecule has 2 aliphatic rings. The smallest absolute Gasteiger partial charge is 0.282 e. The Hall–Kier alpha value is -4.66. The fourth-order valence-electron chi connectivity index (χ4n) is 5.21. The first-order chi connectivity index (χ1) is 21.7. The van der Waals surface area contributed by atoms with E-state index in [0.717, 1.165) is 24.4 Å². The zero-order chi connectivity index (χ0) is 31.4.